The van der Waals surface area contributed by atoms with Gasteiger partial charge in [0.05, 0.1) is 12.0 Å². The Morgan fingerprint density at radius 1 is 1.47 bits per heavy atom. The van der Waals surface area contributed by atoms with Crippen LogP contribution < -0.4 is 0 Å². The van der Waals surface area contributed by atoms with E-state index >= 15 is 0 Å². The van der Waals surface area contributed by atoms with E-state index in [-0.39, 0.29) is 12.0 Å². The zero-order chi connectivity index (χ0) is 10.7. The minimum absolute atomic E-state index is 0.231. The molecule has 0 saturated carbocycles. The molecule has 2 heterocycles. The van der Waals surface area contributed by atoms with Gasteiger partial charge in [-0.3, -0.25) is 0 Å². The Morgan fingerprint density at radius 2 is 2.33 bits per heavy atom. The first-order valence-electron chi connectivity index (χ1n) is 5.35. The lowest BCUT2D eigenvalue weighted by molar-refractivity contribution is 0.0963. The highest BCUT2D eigenvalue weighted by atomic mass is 35.5. The number of ether oxygens (including phenoxy) is 1. The second-order valence-corrected chi connectivity index (χ2v) is 4.06. The number of rotatable bonds is 4. The van der Waals surface area contributed by atoms with Crippen molar-refractivity contribution >= 4 is 11.6 Å². The van der Waals surface area contributed by atoms with Gasteiger partial charge in [0.1, 0.15) is 0 Å². The molecule has 1 aliphatic rings. The summed E-state index contributed by atoms with van der Waals surface area (Å²) in [6, 6.07) is 0. The number of halogens is 1. The van der Waals surface area contributed by atoms with Crippen LogP contribution >= 0.6 is 11.6 Å². The molecule has 0 N–H and O–H groups in total. The summed E-state index contributed by atoms with van der Waals surface area (Å²) in [5.41, 5.74) is 0. The van der Waals surface area contributed by atoms with Gasteiger partial charge in [-0.05, 0) is 12.8 Å². The Kier molecular flexibility index (Phi) is 3.59. The van der Waals surface area contributed by atoms with Gasteiger partial charge in [0.2, 0.25) is 11.8 Å². The number of aromatic nitrogens is 2. The summed E-state index contributed by atoms with van der Waals surface area (Å²) in [6.45, 7) is 2.90. The van der Waals surface area contributed by atoms with Gasteiger partial charge in [-0.2, -0.15) is 0 Å². The molecule has 0 aliphatic carbocycles. The Labute approximate surface area is 94.0 Å². The summed E-state index contributed by atoms with van der Waals surface area (Å²) < 4.78 is 11.1. The van der Waals surface area contributed by atoms with Gasteiger partial charge in [0.25, 0.3) is 0 Å². The predicted molar refractivity (Wildman–Crippen MR) is 56.1 cm³/mol. The van der Waals surface area contributed by atoms with E-state index in [0.29, 0.717) is 24.1 Å². The quantitative estimate of drug-likeness (QED) is 0.744. The normalized spacial score (nSPS) is 26.0. The third kappa shape index (κ3) is 2.32. The molecule has 0 amide bonds. The lowest BCUT2D eigenvalue weighted by atomic mass is 10.00. The molecule has 84 valence electrons. The van der Waals surface area contributed by atoms with Gasteiger partial charge in [-0.25, -0.2) is 0 Å². The van der Waals surface area contributed by atoms with Gasteiger partial charge in [0.15, 0.2) is 0 Å². The number of nitrogens with zero attached hydrogens (tertiary/aromatic N) is 2. The molecule has 2 atom stereocenters. The van der Waals surface area contributed by atoms with E-state index in [9.17, 15) is 0 Å². The van der Waals surface area contributed by atoms with Crippen LogP contribution in [0.4, 0.5) is 0 Å². The number of aryl methyl sites for hydroxylation is 1. The summed E-state index contributed by atoms with van der Waals surface area (Å²) in [7, 11) is 0. The minimum Gasteiger partial charge on any atom is -0.425 e. The topological polar surface area (TPSA) is 48.2 Å². The van der Waals surface area contributed by atoms with Crippen LogP contribution in [0.2, 0.25) is 0 Å². The molecule has 1 aromatic heterocycles. The Bertz CT molecular complexity index is 316. The van der Waals surface area contributed by atoms with E-state index in [1.807, 2.05) is 0 Å². The monoisotopic (exact) mass is 230 g/mol. The molecule has 1 aliphatic heterocycles. The van der Waals surface area contributed by atoms with Gasteiger partial charge in [-0.1, -0.05) is 6.92 Å². The van der Waals surface area contributed by atoms with E-state index in [4.69, 9.17) is 20.8 Å². The van der Waals surface area contributed by atoms with Crippen molar-refractivity contribution in [2.75, 3.05) is 12.5 Å². The highest BCUT2D eigenvalue weighted by molar-refractivity contribution is 6.17. The summed E-state index contributed by atoms with van der Waals surface area (Å²) in [5, 5.41) is 8.02. The molecule has 0 radical (unpaired) electrons. The highest BCUT2D eigenvalue weighted by Crippen LogP contribution is 2.32. The third-order valence-electron chi connectivity index (χ3n) is 2.72. The standard InChI is InChI=1S/C10H15ClN2O2/c1-2-8-7(4-6-14-8)10-13-12-9(15-10)3-5-11/h7-8H,2-6H2,1H3. The van der Waals surface area contributed by atoms with Crippen LogP contribution in [0.3, 0.4) is 0 Å². The third-order valence-corrected chi connectivity index (χ3v) is 2.91. The van der Waals surface area contributed by atoms with Crippen molar-refractivity contribution in [2.45, 2.75) is 38.2 Å². The molecule has 2 rings (SSSR count). The zero-order valence-corrected chi connectivity index (χ0v) is 9.54. The Morgan fingerprint density at radius 3 is 3.07 bits per heavy atom. The summed E-state index contributed by atoms with van der Waals surface area (Å²) >= 11 is 5.61. The molecule has 5 heteroatoms. The summed E-state index contributed by atoms with van der Waals surface area (Å²) in [4.78, 5) is 0. The molecular formula is C10H15ClN2O2. The minimum atomic E-state index is 0.231. The van der Waals surface area contributed by atoms with Crippen LogP contribution in [0.25, 0.3) is 0 Å². The summed E-state index contributed by atoms with van der Waals surface area (Å²) in [5.74, 6) is 2.12. The van der Waals surface area contributed by atoms with E-state index in [0.717, 1.165) is 19.4 Å². The lowest BCUT2D eigenvalue weighted by Crippen LogP contribution is -2.13. The second kappa shape index (κ2) is 4.94. The zero-order valence-electron chi connectivity index (χ0n) is 8.78. The van der Waals surface area contributed by atoms with Crippen molar-refractivity contribution in [3.05, 3.63) is 11.8 Å². The van der Waals surface area contributed by atoms with Gasteiger partial charge in [0, 0.05) is 18.9 Å². The first kappa shape index (κ1) is 10.9. The smallest absolute Gasteiger partial charge is 0.222 e. The summed E-state index contributed by atoms with van der Waals surface area (Å²) in [6.07, 6.45) is 2.83. The van der Waals surface area contributed by atoms with E-state index in [1.165, 1.54) is 0 Å². The van der Waals surface area contributed by atoms with Crippen molar-refractivity contribution in [3.8, 4) is 0 Å². The molecule has 1 aromatic rings. The first-order chi connectivity index (χ1) is 7.35. The lowest BCUT2D eigenvalue weighted by Gasteiger charge is -2.11. The van der Waals surface area contributed by atoms with Crippen molar-refractivity contribution < 1.29 is 9.15 Å². The van der Waals surface area contributed by atoms with E-state index < -0.39 is 0 Å². The fourth-order valence-electron chi connectivity index (χ4n) is 1.93. The molecule has 1 fully saturated rings. The maximum absolute atomic E-state index is 5.61. The average molecular weight is 231 g/mol. The molecule has 4 nitrogen and oxygen atoms in total. The predicted octanol–water partition coefficient (Wildman–Crippen LogP) is 2.13. The molecule has 1 saturated heterocycles. The van der Waals surface area contributed by atoms with Crippen LogP contribution in [0.1, 0.15) is 37.5 Å². The van der Waals surface area contributed by atoms with Gasteiger partial charge >= 0.3 is 0 Å². The number of hydrogen-bond acceptors (Lipinski definition) is 4. The SMILES string of the molecule is CCC1OCCC1c1nnc(CCCl)o1. The largest absolute Gasteiger partial charge is 0.425 e. The van der Waals surface area contributed by atoms with Gasteiger partial charge in [-0.15, -0.1) is 21.8 Å². The van der Waals surface area contributed by atoms with E-state index in [2.05, 4.69) is 17.1 Å². The molecule has 0 spiro atoms. The average Bonchev–Trinajstić information content (AvgIpc) is 2.84. The maximum Gasteiger partial charge on any atom is 0.222 e. The fourth-order valence-corrected chi connectivity index (χ4v) is 2.09. The molecule has 0 aromatic carbocycles. The van der Waals surface area contributed by atoms with E-state index in [1.54, 1.807) is 0 Å². The fraction of sp³-hybridized carbons (Fsp3) is 0.800. The molecule has 2 unspecified atom stereocenters. The maximum atomic E-state index is 5.61. The van der Waals surface area contributed by atoms with Crippen LogP contribution in [-0.2, 0) is 11.2 Å². The van der Waals surface area contributed by atoms with Gasteiger partial charge < -0.3 is 9.15 Å². The number of alkyl halides is 1. The Hall–Kier alpha value is -0.610. The van der Waals surface area contributed by atoms with Crippen molar-refractivity contribution in [2.24, 2.45) is 0 Å². The second-order valence-electron chi connectivity index (χ2n) is 3.69. The van der Waals surface area contributed by atoms with Crippen LogP contribution in [0, 0.1) is 0 Å². The van der Waals surface area contributed by atoms with Crippen molar-refractivity contribution in [1.29, 1.82) is 0 Å². The molecule has 0 bridgehead atoms. The number of hydrogen-bond donors (Lipinski definition) is 0. The molecular weight excluding hydrogens is 216 g/mol. The highest BCUT2D eigenvalue weighted by Gasteiger charge is 2.32. The van der Waals surface area contributed by atoms with Crippen LogP contribution in [0.15, 0.2) is 4.42 Å². The van der Waals surface area contributed by atoms with Crippen LogP contribution in [0.5, 0.6) is 0 Å². The van der Waals surface area contributed by atoms with Crippen LogP contribution in [-0.4, -0.2) is 28.8 Å². The Balaban J connectivity index is 2.07. The first-order valence-corrected chi connectivity index (χ1v) is 5.88. The van der Waals surface area contributed by atoms with Crippen molar-refractivity contribution in [1.82, 2.24) is 10.2 Å². The van der Waals surface area contributed by atoms with Crippen molar-refractivity contribution in [3.63, 3.8) is 0 Å². The molecule has 15 heavy (non-hydrogen) atoms.